The van der Waals surface area contributed by atoms with Gasteiger partial charge in [0.25, 0.3) is 10.0 Å². The standard InChI is InChI=1S/C21H27F2N5O4S/c1-27-13-20(26-14-27)33(31,32)28-7-2-3-16(4-6-24-19(29)5-8-28)21(30)25-12-15-9-17(22)11-18(23)10-15/h9-11,13-14,16H,2-8,12H2,1H3,(H,24,29)(H,25,30). The smallest absolute Gasteiger partial charge is 0.262 e. The number of nitrogens with zero attached hydrogens (tertiary/aromatic N) is 3. The van der Waals surface area contributed by atoms with Crippen molar-refractivity contribution < 1.29 is 26.8 Å². The van der Waals surface area contributed by atoms with Crippen LogP contribution in [0.1, 0.15) is 31.2 Å². The topological polar surface area (TPSA) is 113 Å². The monoisotopic (exact) mass is 483 g/mol. The minimum absolute atomic E-state index is 0.00589. The number of hydrogen-bond donors (Lipinski definition) is 2. The quantitative estimate of drug-likeness (QED) is 0.666. The molecule has 1 atom stereocenters. The molecule has 0 spiro atoms. The molecule has 2 N–H and O–H groups in total. The van der Waals surface area contributed by atoms with E-state index in [9.17, 15) is 26.8 Å². The molecule has 1 aromatic carbocycles. The Morgan fingerprint density at radius 3 is 2.61 bits per heavy atom. The Hall–Kier alpha value is -2.86. The zero-order chi connectivity index (χ0) is 24.0. The van der Waals surface area contributed by atoms with Gasteiger partial charge in [0.2, 0.25) is 11.8 Å². The average molecular weight is 484 g/mol. The second kappa shape index (κ2) is 10.8. The summed E-state index contributed by atoms with van der Waals surface area (Å²) in [5, 5.41) is 5.28. The molecule has 1 aromatic heterocycles. The highest BCUT2D eigenvalue weighted by Crippen LogP contribution is 2.18. The van der Waals surface area contributed by atoms with Gasteiger partial charge in [-0.25, -0.2) is 22.2 Å². The number of amides is 2. The minimum Gasteiger partial charge on any atom is -0.356 e. The van der Waals surface area contributed by atoms with E-state index < -0.39 is 27.6 Å². The van der Waals surface area contributed by atoms with Gasteiger partial charge in [0.15, 0.2) is 5.03 Å². The number of aryl methyl sites for hydroxylation is 1. The van der Waals surface area contributed by atoms with Gasteiger partial charge in [0.05, 0.1) is 6.33 Å². The molecule has 0 aliphatic carbocycles. The van der Waals surface area contributed by atoms with E-state index >= 15 is 0 Å². The molecule has 180 valence electrons. The van der Waals surface area contributed by atoms with Crippen LogP contribution in [0.4, 0.5) is 8.78 Å². The molecular weight excluding hydrogens is 456 g/mol. The van der Waals surface area contributed by atoms with Crippen LogP contribution in [0.25, 0.3) is 0 Å². The van der Waals surface area contributed by atoms with E-state index in [1.165, 1.54) is 21.4 Å². The van der Waals surface area contributed by atoms with E-state index in [1.807, 2.05) is 0 Å². The number of imidazole rings is 1. The fraction of sp³-hybridized carbons (Fsp3) is 0.476. The lowest BCUT2D eigenvalue weighted by atomic mass is 9.98. The summed E-state index contributed by atoms with van der Waals surface area (Å²) in [6, 6.07) is 3.03. The molecular formula is C21H27F2N5O4S. The van der Waals surface area contributed by atoms with E-state index in [0.717, 1.165) is 18.2 Å². The van der Waals surface area contributed by atoms with Crippen LogP contribution < -0.4 is 10.6 Å². The normalized spacial score (nSPS) is 18.9. The Kier molecular flexibility index (Phi) is 8.14. The molecule has 1 unspecified atom stereocenters. The summed E-state index contributed by atoms with van der Waals surface area (Å²) < 4.78 is 55.4. The fourth-order valence-electron chi connectivity index (χ4n) is 3.67. The van der Waals surface area contributed by atoms with E-state index in [0.29, 0.717) is 24.8 Å². The molecule has 2 amide bonds. The van der Waals surface area contributed by atoms with Gasteiger partial charge in [-0.1, -0.05) is 0 Å². The lowest BCUT2D eigenvalue weighted by molar-refractivity contribution is -0.126. The van der Waals surface area contributed by atoms with Crippen molar-refractivity contribution in [2.75, 3.05) is 19.6 Å². The van der Waals surface area contributed by atoms with E-state index in [2.05, 4.69) is 15.6 Å². The van der Waals surface area contributed by atoms with Crippen molar-refractivity contribution >= 4 is 21.8 Å². The Balaban J connectivity index is 1.66. The number of aromatic nitrogens is 2. The molecule has 33 heavy (non-hydrogen) atoms. The van der Waals surface area contributed by atoms with Gasteiger partial charge in [0.1, 0.15) is 11.6 Å². The molecule has 0 radical (unpaired) electrons. The predicted octanol–water partition coefficient (Wildman–Crippen LogP) is 1.31. The highest BCUT2D eigenvalue weighted by molar-refractivity contribution is 7.89. The molecule has 1 fully saturated rings. The number of carbonyl (C=O) groups excluding carboxylic acids is 2. The second-order valence-electron chi connectivity index (χ2n) is 8.00. The van der Waals surface area contributed by atoms with E-state index in [1.54, 1.807) is 7.05 Å². The van der Waals surface area contributed by atoms with Crippen molar-refractivity contribution in [2.24, 2.45) is 13.0 Å². The first kappa shape index (κ1) is 24.8. The summed E-state index contributed by atoms with van der Waals surface area (Å²) in [6.45, 7) is 0.354. The zero-order valence-electron chi connectivity index (χ0n) is 18.3. The van der Waals surface area contributed by atoms with Gasteiger partial charge in [-0.05, 0) is 37.0 Å². The Bertz CT molecular complexity index is 1090. The molecule has 2 heterocycles. The first-order valence-electron chi connectivity index (χ1n) is 10.6. The molecule has 1 saturated heterocycles. The van der Waals surface area contributed by atoms with Crippen molar-refractivity contribution in [3.63, 3.8) is 0 Å². The molecule has 0 bridgehead atoms. The van der Waals surface area contributed by atoms with Crippen LogP contribution in [0.5, 0.6) is 0 Å². The van der Waals surface area contributed by atoms with Crippen LogP contribution in [0, 0.1) is 17.6 Å². The van der Waals surface area contributed by atoms with Crippen molar-refractivity contribution in [1.29, 1.82) is 0 Å². The Morgan fingerprint density at radius 2 is 1.94 bits per heavy atom. The lowest BCUT2D eigenvalue weighted by Gasteiger charge is -2.21. The largest absolute Gasteiger partial charge is 0.356 e. The maximum Gasteiger partial charge on any atom is 0.262 e. The van der Waals surface area contributed by atoms with Gasteiger partial charge in [-0.3, -0.25) is 9.59 Å². The summed E-state index contributed by atoms with van der Waals surface area (Å²) >= 11 is 0. The van der Waals surface area contributed by atoms with Crippen LogP contribution in [-0.4, -0.2) is 53.7 Å². The van der Waals surface area contributed by atoms with Gasteiger partial charge >= 0.3 is 0 Å². The van der Waals surface area contributed by atoms with E-state index in [-0.39, 0.29) is 49.4 Å². The van der Waals surface area contributed by atoms with Crippen LogP contribution in [-0.2, 0) is 33.2 Å². The third kappa shape index (κ3) is 6.81. The summed E-state index contributed by atoms with van der Waals surface area (Å²) in [6.07, 6.45) is 3.92. The number of carbonyl (C=O) groups is 2. The number of benzene rings is 1. The van der Waals surface area contributed by atoms with Crippen molar-refractivity contribution in [2.45, 2.75) is 37.3 Å². The van der Waals surface area contributed by atoms with Gasteiger partial charge in [-0.2, -0.15) is 4.31 Å². The molecule has 1 aliphatic heterocycles. The zero-order valence-corrected chi connectivity index (χ0v) is 19.1. The summed E-state index contributed by atoms with van der Waals surface area (Å²) in [7, 11) is -2.23. The number of rotatable bonds is 5. The van der Waals surface area contributed by atoms with Crippen LogP contribution in [0.15, 0.2) is 35.7 Å². The van der Waals surface area contributed by atoms with E-state index in [4.69, 9.17) is 0 Å². The third-order valence-electron chi connectivity index (χ3n) is 5.41. The number of halogens is 2. The molecule has 12 heteroatoms. The van der Waals surface area contributed by atoms with Crippen LogP contribution in [0.3, 0.4) is 0 Å². The summed E-state index contributed by atoms with van der Waals surface area (Å²) in [4.78, 5) is 28.8. The van der Waals surface area contributed by atoms with Crippen molar-refractivity contribution in [3.8, 4) is 0 Å². The molecule has 2 aromatic rings. The maximum atomic E-state index is 13.4. The Labute approximate surface area is 191 Å². The second-order valence-corrected chi connectivity index (χ2v) is 9.89. The minimum atomic E-state index is -3.89. The van der Waals surface area contributed by atoms with Crippen molar-refractivity contribution in [1.82, 2.24) is 24.5 Å². The number of sulfonamides is 1. The first-order valence-corrected chi connectivity index (χ1v) is 12.1. The SMILES string of the molecule is Cn1cnc(S(=O)(=O)N2CCCC(C(=O)NCc3cc(F)cc(F)c3)CCNC(=O)CC2)c1. The van der Waals surface area contributed by atoms with Gasteiger partial charge in [0, 0.05) is 57.8 Å². The summed E-state index contributed by atoms with van der Waals surface area (Å²) in [5.74, 6) is -2.60. The summed E-state index contributed by atoms with van der Waals surface area (Å²) in [5.41, 5.74) is 0.290. The molecule has 1 aliphatic rings. The van der Waals surface area contributed by atoms with Gasteiger partial charge < -0.3 is 15.2 Å². The average Bonchev–Trinajstić information content (AvgIpc) is 3.17. The van der Waals surface area contributed by atoms with Crippen LogP contribution in [0.2, 0.25) is 0 Å². The van der Waals surface area contributed by atoms with Gasteiger partial charge in [-0.15, -0.1) is 0 Å². The third-order valence-corrected chi connectivity index (χ3v) is 7.19. The molecule has 9 nitrogen and oxygen atoms in total. The highest BCUT2D eigenvalue weighted by atomic mass is 32.2. The first-order chi connectivity index (χ1) is 15.6. The maximum absolute atomic E-state index is 13.4. The fourth-order valence-corrected chi connectivity index (χ4v) is 5.12. The lowest BCUT2D eigenvalue weighted by Crippen LogP contribution is -2.36. The van der Waals surface area contributed by atoms with Crippen LogP contribution >= 0.6 is 0 Å². The predicted molar refractivity (Wildman–Crippen MR) is 115 cm³/mol. The molecule has 0 saturated carbocycles. The molecule has 3 rings (SSSR count). The highest BCUT2D eigenvalue weighted by Gasteiger charge is 2.28. The van der Waals surface area contributed by atoms with Crippen molar-refractivity contribution in [3.05, 3.63) is 47.9 Å². The number of nitrogens with one attached hydrogen (secondary N) is 2. The number of hydrogen-bond acceptors (Lipinski definition) is 5. The Morgan fingerprint density at radius 1 is 1.21 bits per heavy atom.